The van der Waals surface area contributed by atoms with Crippen molar-refractivity contribution in [1.29, 1.82) is 0 Å². The topological polar surface area (TPSA) is 231 Å². The number of carboxylic acids is 2. The minimum atomic E-state index is -1.59. The van der Waals surface area contributed by atoms with Crippen LogP contribution in [0.2, 0.25) is 0 Å². The molecule has 0 saturated heterocycles. The smallest absolute Gasteiger partial charge is 0.326 e. The first-order valence-corrected chi connectivity index (χ1v) is 10.1. The molecule has 0 aromatic heterocycles. The van der Waals surface area contributed by atoms with Gasteiger partial charge in [-0.3, -0.25) is 24.0 Å². The highest BCUT2D eigenvalue weighted by molar-refractivity contribution is 5.96. The van der Waals surface area contributed by atoms with Gasteiger partial charge in [0.15, 0.2) is 0 Å². The van der Waals surface area contributed by atoms with Gasteiger partial charge in [0, 0.05) is 0 Å². The van der Waals surface area contributed by atoms with E-state index in [1.807, 2.05) is 0 Å². The van der Waals surface area contributed by atoms with E-state index >= 15 is 0 Å². The van der Waals surface area contributed by atoms with Crippen LogP contribution in [0, 0.1) is 11.8 Å². The molecule has 0 aromatic rings. The van der Waals surface area contributed by atoms with Crippen molar-refractivity contribution in [3.63, 3.8) is 0 Å². The molecule has 0 radical (unpaired) electrons. The Morgan fingerprint density at radius 1 is 0.812 bits per heavy atom. The van der Waals surface area contributed by atoms with Gasteiger partial charge in [-0.25, -0.2) is 4.79 Å². The summed E-state index contributed by atoms with van der Waals surface area (Å²) in [6.07, 6.45) is -0.834. The van der Waals surface area contributed by atoms with Crippen LogP contribution in [0.1, 0.15) is 47.0 Å². The molecular weight excluding hydrogens is 426 g/mol. The Labute approximate surface area is 185 Å². The molecule has 9 N–H and O–H groups in total. The average Bonchev–Trinajstić information content (AvgIpc) is 2.66. The van der Waals surface area contributed by atoms with Crippen molar-refractivity contribution < 1.29 is 39.0 Å². The number of carbonyl (C=O) groups is 6. The second kappa shape index (κ2) is 13.2. The van der Waals surface area contributed by atoms with Gasteiger partial charge in [0.2, 0.25) is 23.6 Å². The molecule has 0 aliphatic heterocycles. The number of amides is 4. The summed E-state index contributed by atoms with van der Waals surface area (Å²) in [5, 5.41) is 25.3. The van der Waals surface area contributed by atoms with Crippen LogP contribution in [0.25, 0.3) is 0 Å². The lowest BCUT2D eigenvalue weighted by Crippen LogP contribution is -2.59. The monoisotopic (exact) mass is 459 g/mol. The molecule has 0 heterocycles. The third-order valence-corrected chi connectivity index (χ3v) is 4.79. The van der Waals surface area contributed by atoms with Crippen LogP contribution in [0.15, 0.2) is 0 Å². The first-order chi connectivity index (χ1) is 14.7. The Morgan fingerprint density at radius 2 is 1.34 bits per heavy atom. The molecule has 0 rings (SSSR count). The molecule has 5 unspecified atom stereocenters. The highest BCUT2D eigenvalue weighted by Crippen LogP contribution is 2.09. The molecule has 13 heteroatoms. The van der Waals surface area contributed by atoms with Crippen LogP contribution in [0.5, 0.6) is 0 Å². The van der Waals surface area contributed by atoms with Crippen LogP contribution in [0.4, 0.5) is 0 Å². The van der Waals surface area contributed by atoms with Crippen LogP contribution >= 0.6 is 0 Å². The van der Waals surface area contributed by atoms with Gasteiger partial charge in [0.1, 0.15) is 18.1 Å². The van der Waals surface area contributed by atoms with Gasteiger partial charge in [-0.15, -0.1) is 0 Å². The zero-order valence-electron chi connectivity index (χ0n) is 18.6. The number of rotatable bonds is 14. The molecule has 13 nitrogen and oxygen atoms in total. The van der Waals surface area contributed by atoms with Crippen LogP contribution in [0.3, 0.4) is 0 Å². The van der Waals surface area contributed by atoms with Crippen molar-refractivity contribution in [3.8, 4) is 0 Å². The van der Waals surface area contributed by atoms with Crippen LogP contribution < -0.4 is 27.4 Å². The summed E-state index contributed by atoms with van der Waals surface area (Å²) in [6, 6.07) is -5.39. The van der Waals surface area contributed by atoms with Crippen molar-refractivity contribution in [2.24, 2.45) is 23.3 Å². The quantitative estimate of drug-likeness (QED) is 0.151. The molecule has 0 aliphatic carbocycles. The van der Waals surface area contributed by atoms with Crippen molar-refractivity contribution in [2.75, 3.05) is 0 Å². The number of nitrogens with two attached hydrogens (primary N) is 2. The number of aliphatic carboxylic acids is 2. The van der Waals surface area contributed by atoms with Gasteiger partial charge in [-0.1, -0.05) is 34.1 Å². The summed E-state index contributed by atoms with van der Waals surface area (Å²) in [5.74, 6) is -7.18. The molecule has 0 aliphatic rings. The average molecular weight is 460 g/mol. The van der Waals surface area contributed by atoms with Crippen molar-refractivity contribution in [3.05, 3.63) is 0 Å². The summed E-state index contributed by atoms with van der Waals surface area (Å²) in [7, 11) is 0. The summed E-state index contributed by atoms with van der Waals surface area (Å²) in [5.41, 5.74) is 10.6. The third-order valence-electron chi connectivity index (χ3n) is 4.79. The lowest BCUT2D eigenvalue weighted by molar-refractivity contribution is -0.144. The molecule has 4 amide bonds. The predicted molar refractivity (Wildman–Crippen MR) is 112 cm³/mol. The number of primary amides is 1. The standard InChI is InChI=1S/C19H33N5O8/c1-5-9(4)15(19(31)32)24-17(29)11(7-13(26)27)22-18(30)14(8(2)3)23-16(28)10(20)6-12(21)25/h8-11,14-15H,5-7,20H2,1-4H3,(H2,21,25)(H,22,30)(H,23,28)(H,24,29)(H,26,27)(H,31,32). The SMILES string of the molecule is CCC(C)C(NC(=O)C(CC(=O)O)NC(=O)C(NC(=O)C(N)CC(N)=O)C(C)C)C(=O)O. The van der Waals surface area contributed by atoms with E-state index in [1.165, 1.54) is 0 Å². The van der Waals surface area contributed by atoms with Crippen molar-refractivity contribution in [1.82, 2.24) is 16.0 Å². The first-order valence-electron chi connectivity index (χ1n) is 10.1. The van der Waals surface area contributed by atoms with Crippen molar-refractivity contribution in [2.45, 2.75) is 71.1 Å². The van der Waals surface area contributed by atoms with Gasteiger partial charge in [0.05, 0.1) is 18.9 Å². The minimum absolute atomic E-state index is 0.431. The Hall–Kier alpha value is -3.22. The summed E-state index contributed by atoms with van der Waals surface area (Å²) in [6.45, 7) is 6.49. The summed E-state index contributed by atoms with van der Waals surface area (Å²) < 4.78 is 0. The highest BCUT2D eigenvalue weighted by atomic mass is 16.4. The zero-order chi connectivity index (χ0) is 25.2. The maximum atomic E-state index is 12.7. The van der Waals surface area contributed by atoms with E-state index in [2.05, 4.69) is 16.0 Å². The third kappa shape index (κ3) is 9.73. The Morgan fingerprint density at radius 3 is 1.75 bits per heavy atom. The summed E-state index contributed by atoms with van der Waals surface area (Å²) >= 11 is 0. The fourth-order valence-electron chi connectivity index (χ4n) is 2.69. The number of carboxylic acid groups (broad SMARTS) is 2. The van der Waals surface area contributed by atoms with Gasteiger partial charge >= 0.3 is 11.9 Å². The summed E-state index contributed by atoms with van der Waals surface area (Å²) in [4.78, 5) is 71.1. The van der Waals surface area contributed by atoms with Gasteiger partial charge in [-0.05, 0) is 11.8 Å². The van der Waals surface area contributed by atoms with E-state index in [0.29, 0.717) is 6.42 Å². The Bertz CT molecular complexity index is 727. The molecule has 182 valence electrons. The first kappa shape index (κ1) is 28.8. The number of hydrogen-bond donors (Lipinski definition) is 7. The lowest BCUT2D eigenvalue weighted by Gasteiger charge is -2.27. The molecule has 0 fully saturated rings. The molecule has 5 atom stereocenters. The van der Waals surface area contributed by atoms with E-state index in [4.69, 9.17) is 16.6 Å². The second-order valence-electron chi connectivity index (χ2n) is 7.88. The van der Waals surface area contributed by atoms with Crippen LogP contribution in [-0.4, -0.2) is 69.9 Å². The minimum Gasteiger partial charge on any atom is -0.481 e. The molecular formula is C19H33N5O8. The van der Waals surface area contributed by atoms with Gasteiger partial charge in [-0.2, -0.15) is 0 Å². The Balaban J connectivity index is 5.51. The number of carbonyl (C=O) groups excluding carboxylic acids is 4. The molecule has 0 bridgehead atoms. The van der Waals surface area contributed by atoms with E-state index in [-0.39, 0.29) is 0 Å². The molecule has 0 aromatic carbocycles. The van der Waals surface area contributed by atoms with Crippen LogP contribution in [-0.2, 0) is 28.8 Å². The number of nitrogens with one attached hydrogen (secondary N) is 3. The van der Waals surface area contributed by atoms with E-state index in [9.17, 15) is 33.9 Å². The molecule has 0 spiro atoms. The highest BCUT2D eigenvalue weighted by Gasteiger charge is 2.34. The van der Waals surface area contributed by atoms with Gasteiger partial charge in [0.25, 0.3) is 0 Å². The molecule has 0 saturated carbocycles. The van der Waals surface area contributed by atoms with Gasteiger partial charge < -0.3 is 37.6 Å². The van der Waals surface area contributed by atoms with E-state index < -0.39 is 84.4 Å². The maximum absolute atomic E-state index is 12.7. The fourth-order valence-corrected chi connectivity index (χ4v) is 2.69. The maximum Gasteiger partial charge on any atom is 0.326 e. The lowest BCUT2D eigenvalue weighted by atomic mass is 9.98. The second-order valence-corrected chi connectivity index (χ2v) is 7.88. The number of hydrogen-bond acceptors (Lipinski definition) is 7. The van der Waals surface area contributed by atoms with E-state index in [0.717, 1.165) is 0 Å². The zero-order valence-corrected chi connectivity index (χ0v) is 18.6. The molecule has 32 heavy (non-hydrogen) atoms. The Kier molecular flexibility index (Phi) is 11.9. The predicted octanol–water partition coefficient (Wildman–Crippen LogP) is -2.10. The van der Waals surface area contributed by atoms with E-state index in [1.54, 1.807) is 27.7 Å². The fraction of sp³-hybridized carbons (Fsp3) is 0.684. The van der Waals surface area contributed by atoms with Crippen molar-refractivity contribution >= 4 is 35.6 Å². The largest absolute Gasteiger partial charge is 0.481 e. The normalized spacial score (nSPS) is 15.6.